The Labute approximate surface area is 120 Å². The summed E-state index contributed by atoms with van der Waals surface area (Å²) in [7, 11) is -3.36. The average Bonchev–Trinajstić information content (AvgIpc) is 3.10. The normalized spacial score (nSPS) is 16.2. The van der Waals surface area contributed by atoms with Crippen LogP contribution in [0.1, 0.15) is 38.8 Å². The van der Waals surface area contributed by atoms with Crippen molar-refractivity contribution in [2.45, 2.75) is 56.5 Å². The molecule has 0 saturated heterocycles. The van der Waals surface area contributed by atoms with Gasteiger partial charge < -0.3 is 4.57 Å². The molecule has 1 aliphatic rings. The summed E-state index contributed by atoms with van der Waals surface area (Å²) < 4.78 is 28.8. The summed E-state index contributed by atoms with van der Waals surface area (Å²) in [4.78, 5) is 0.380. The zero-order valence-corrected chi connectivity index (χ0v) is 13.0. The van der Waals surface area contributed by atoms with Crippen molar-refractivity contribution in [1.29, 1.82) is 0 Å². The molecule has 0 atom stereocenters. The summed E-state index contributed by atoms with van der Waals surface area (Å²) in [5.41, 5.74) is 0.869. The fraction of sp³-hybridized carbons (Fsp3) is 0.692. The van der Waals surface area contributed by atoms with E-state index in [9.17, 15) is 8.42 Å². The van der Waals surface area contributed by atoms with E-state index < -0.39 is 10.0 Å². The standard InChI is InChI=1S/C13H21ClN2O2S/c1-3-7-15-10-13(8-12(15)9-14)19(17,18)16(4-2)11-5-6-11/h8,10-11H,3-7,9H2,1-2H3. The number of aromatic nitrogens is 1. The van der Waals surface area contributed by atoms with Crippen LogP contribution in [0.2, 0.25) is 0 Å². The van der Waals surface area contributed by atoms with Gasteiger partial charge in [-0.25, -0.2) is 8.42 Å². The van der Waals surface area contributed by atoms with E-state index in [1.54, 1.807) is 16.6 Å². The van der Waals surface area contributed by atoms with E-state index in [4.69, 9.17) is 11.6 Å². The summed E-state index contributed by atoms with van der Waals surface area (Å²) in [6.07, 6.45) is 4.63. The highest BCUT2D eigenvalue weighted by Gasteiger charge is 2.37. The number of sulfonamides is 1. The maximum Gasteiger partial charge on any atom is 0.244 e. The zero-order valence-electron chi connectivity index (χ0n) is 11.5. The minimum absolute atomic E-state index is 0.198. The molecule has 0 unspecified atom stereocenters. The third-order valence-corrected chi connectivity index (χ3v) is 5.70. The van der Waals surface area contributed by atoms with Gasteiger partial charge in [-0.1, -0.05) is 13.8 Å². The fourth-order valence-electron chi connectivity index (χ4n) is 2.35. The molecule has 108 valence electrons. The highest BCUT2D eigenvalue weighted by Crippen LogP contribution is 2.32. The molecule has 6 heteroatoms. The predicted molar refractivity (Wildman–Crippen MR) is 76.9 cm³/mol. The molecule has 0 amide bonds. The molecule has 1 fully saturated rings. The Kier molecular flexibility index (Phi) is 4.58. The molecular weight excluding hydrogens is 284 g/mol. The lowest BCUT2D eigenvalue weighted by Crippen LogP contribution is -2.32. The van der Waals surface area contributed by atoms with E-state index >= 15 is 0 Å². The molecule has 0 aromatic carbocycles. The topological polar surface area (TPSA) is 42.3 Å². The minimum Gasteiger partial charge on any atom is -0.349 e. The lowest BCUT2D eigenvalue weighted by Gasteiger charge is -2.18. The predicted octanol–water partition coefficient (Wildman–Crippen LogP) is 2.81. The Bertz CT molecular complexity index is 535. The van der Waals surface area contributed by atoms with E-state index in [0.29, 0.717) is 17.3 Å². The molecule has 1 saturated carbocycles. The number of hydrogen-bond acceptors (Lipinski definition) is 2. The Morgan fingerprint density at radius 2 is 2.11 bits per heavy atom. The molecule has 4 nitrogen and oxygen atoms in total. The second kappa shape index (κ2) is 5.85. The van der Waals surface area contributed by atoms with Gasteiger partial charge in [0.1, 0.15) is 4.90 Å². The van der Waals surface area contributed by atoms with Crippen molar-refractivity contribution in [3.05, 3.63) is 18.0 Å². The van der Waals surface area contributed by atoms with Crippen molar-refractivity contribution in [1.82, 2.24) is 8.87 Å². The van der Waals surface area contributed by atoms with Crippen LogP contribution in [0.3, 0.4) is 0 Å². The molecule has 0 radical (unpaired) electrons. The Hall–Kier alpha value is -0.520. The van der Waals surface area contributed by atoms with Crippen LogP contribution in [0.25, 0.3) is 0 Å². The zero-order chi connectivity index (χ0) is 14.0. The van der Waals surface area contributed by atoms with E-state index in [1.807, 2.05) is 11.5 Å². The van der Waals surface area contributed by atoms with E-state index in [-0.39, 0.29) is 6.04 Å². The molecule has 0 bridgehead atoms. The van der Waals surface area contributed by atoms with Crippen LogP contribution in [0, 0.1) is 0 Å². The summed E-state index contributed by atoms with van der Waals surface area (Å²) >= 11 is 5.89. The highest BCUT2D eigenvalue weighted by atomic mass is 35.5. The maximum absolute atomic E-state index is 12.6. The molecule has 19 heavy (non-hydrogen) atoms. The fourth-order valence-corrected chi connectivity index (χ4v) is 4.34. The first-order valence-electron chi connectivity index (χ1n) is 6.81. The lowest BCUT2D eigenvalue weighted by atomic mass is 10.4. The second-order valence-electron chi connectivity index (χ2n) is 4.93. The Balaban J connectivity index is 2.34. The van der Waals surface area contributed by atoms with E-state index in [1.165, 1.54) is 0 Å². The third-order valence-electron chi connectivity index (χ3n) is 3.43. The minimum atomic E-state index is -3.36. The van der Waals surface area contributed by atoms with Gasteiger partial charge in [0.15, 0.2) is 0 Å². The van der Waals surface area contributed by atoms with Gasteiger partial charge in [0.05, 0.1) is 5.88 Å². The van der Waals surface area contributed by atoms with E-state index in [0.717, 1.165) is 31.5 Å². The lowest BCUT2D eigenvalue weighted by molar-refractivity contribution is 0.421. The van der Waals surface area contributed by atoms with Gasteiger partial charge in [0.2, 0.25) is 10.0 Å². The Morgan fingerprint density at radius 3 is 2.58 bits per heavy atom. The van der Waals surface area contributed by atoms with Gasteiger partial charge >= 0.3 is 0 Å². The van der Waals surface area contributed by atoms with Crippen molar-refractivity contribution < 1.29 is 8.42 Å². The number of rotatable bonds is 7. The quantitative estimate of drug-likeness (QED) is 0.727. The number of alkyl halides is 1. The SMILES string of the molecule is CCCn1cc(S(=O)(=O)N(CC)C2CC2)cc1CCl. The first-order valence-corrected chi connectivity index (χ1v) is 8.78. The largest absolute Gasteiger partial charge is 0.349 e. The number of aryl methyl sites for hydroxylation is 1. The molecule has 0 N–H and O–H groups in total. The van der Waals surface area contributed by atoms with Gasteiger partial charge in [-0.3, -0.25) is 0 Å². The molecule has 0 aliphatic heterocycles. The van der Waals surface area contributed by atoms with Crippen LogP contribution in [0.4, 0.5) is 0 Å². The Morgan fingerprint density at radius 1 is 1.42 bits per heavy atom. The molecular formula is C13H21ClN2O2S. The molecule has 1 aliphatic carbocycles. The van der Waals surface area contributed by atoms with Crippen molar-refractivity contribution in [2.75, 3.05) is 6.54 Å². The number of nitrogens with zero attached hydrogens (tertiary/aromatic N) is 2. The molecule has 1 aromatic rings. The number of halogens is 1. The van der Waals surface area contributed by atoms with Crippen LogP contribution in [-0.4, -0.2) is 29.9 Å². The second-order valence-corrected chi connectivity index (χ2v) is 7.09. The summed E-state index contributed by atoms with van der Waals surface area (Å²) in [6, 6.07) is 1.91. The smallest absolute Gasteiger partial charge is 0.244 e. The van der Waals surface area contributed by atoms with Crippen molar-refractivity contribution in [3.8, 4) is 0 Å². The first-order chi connectivity index (χ1) is 9.04. The van der Waals surface area contributed by atoms with E-state index in [2.05, 4.69) is 6.92 Å². The summed E-state index contributed by atoms with van der Waals surface area (Å²) in [5.74, 6) is 0.338. The summed E-state index contributed by atoms with van der Waals surface area (Å²) in [5, 5.41) is 0. The molecule has 0 spiro atoms. The van der Waals surface area contributed by atoms with Crippen LogP contribution in [0.5, 0.6) is 0 Å². The van der Waals surface area contributed by atoms with Crippen molar-refractivity contribution in [3.63, 3.8) is 0 Å². The van der Waals surface area contributed by atoms with Crippen LogP contribution in [0.15, 0.2) is 17.2 Å². The number of hydrogen-bond donors (Lipinski definition) is 0. The van der Waals surface area contributed by atoms with Crippen LogP contribution < -0.4 is 0 Å². The van der Waals surface area contributed by atoms with Gasteiger partial charge in [0.25, 0.3) is 0 Å². The van der Waals surface area contributed by atoms with Gasteiger partial charge in [-0.2, -0.15) is 4.31 Å². The van der Waals surface area contributed by atoms with Crippen molar-refractivity contribution >= 4 is 21.6 Å². The molecule has 2 rings (SSSR count). The van der Waals surface area contributed by atoms with Crippen molar-refractivity contribution in [2.24, 2.45) is 0 Å². The highest BCUT2D eigenvalue weighted by molar-refractivity contribution is 7.89. The summed E-state index contributed by atoms with van der Waals surface area (Å²) in [6.45, 7) is 5.28. The molecule has 1 aromatic heterocycles. The van der Waals surface area contributed by atoms with Gasteiger partial charge in [-0.05, 0) is 25.3 Å². The van der Waals surface area contributed by atoms with Gasteiger partial charge in [-0.15, -0.1) is 11.6 Å². The van der Waals surface area contributed by atoms with Gasteiger partial charge in [0, 0.05) is 31.0 Å². The first kappa shape index (κ1) is 14.9. The van der Waals surface area contributed by atoms with Crippen LogP contribution >= 0.6 is 11.6 Å². The molecule has 1 heterocycles. The van der Waals surface area contributed by atoms with Crippen LogP contribution in [-0.2, 0) is 22.4 Å². The average molecular weight is 305 g/mol. The maximum atomic E-state index is 12.6. The third kappa shape index (κ3) is 2.98. The monoisotopic (exact) mass is 304 g/mol.